The Morgan fingerprint density at radius 2 is 2.28 bits per heavy atom. The summed E-state index contributed by atoms with van der Waals surface area (Å²) in [5.74, 6) is 0.166. The minimum Gasteiger partial charge on any atom is -0.409 e. The largest absolute Gasteiger partial charge is 0.409 e. The number of ether oxygens (including phenoxy) is 2. The zero-order valence-electron chi connectivity index (χ0n) is 10.8. The highest BCUT2D eigenvalue weighted by Gasteiger charge is 2.24. The Balaban J connectivity index is 1.66. The minimum atomic E-state index is -0.272. The van der Waals surface area contributed by atoms with Gasteiger partial charge in [-0.25, -0.2) is 0 Å². The summed E-state index contributed by atoms with van der Waals surface area (Å²) in [7, 11) is 0. The quantitative estimate of drug-likeness (QED) is 0.322. The Kier molecular flexibility index (Phi) is 5.22. The molecule has 0 amide bonds. The van der Waals surface area contributed by atoms with Gasteiger partial charge in [-0.1, -0.05) is 5.16 Å². The van der Waals surface area contributed by atoms with E-state index in [1.807, 2.05) is 0 Å². The third-order valence-electron chi connectivity index (χ3n) is 3.62. The second kappa shape index (κ2) is 6.92. The van der Waals surface area contributed by atoms with Crippen LogP contribution in [0.4, 0.5) is 0 Å². The van der Waals surface area contributed by atoms with E-state index in [0.717, 1.165) is 32.5 Å². The zero-order chi connectivity index (χ0) is 12.8. The lowest BCUT2D eigenvalue weighted by Crippen LogP contribution is -2.48. The lowest BCUT2D eigenvalue weighted by atomic mass is 10.1. The molecule has 0 aromatic carbocycles. The van der Waals surface area contributed by atoms with Crippen molar-refractivity contribution in [1.29, 1.82) is 0 Å². The summed E-state index contributed by atoms with van der Waals surface area (Å²) < 4.78 is 11.1. The number of nitrogens with zero attached hydrogens (tertiary/aromatic N) is 2. The predicted octanol–water partition coefficient (Wildman–Crippen LogP) is 0.393. The summed E-state index contributed by atoms with van der Waals surface area (Å²) in [4.78, 5) is 2.31. The van der Waals surface area contributed by atoms with Gasteiger partial charge in [-0.15, -0.1) is 0 Å². The van der Waals surface area contributed by atoms with Gasteiger partial charge < -0.3 is 20.4 Å². The third kappa shape index (κ3) is 3.83. The molecule has 2 atom stereocenters. The topological polar surface area (TPSA) is 80.3 Å². The van der Waals surface area contributed by atoms with Gasteiger partial charge in [0.15, 0.2) is 5.84 Å². The molecule has 0 saturated carbocycles. The molecule has 0 aliphatic carbocycles. The molecule has 0 aromatic heterocycles. The van der Waals surface area contributed by atoms with E-state index >= 15 is 0 Å². The highest BCUT2D eigenvalue weighted by atomic mass is 16.5. The Bertz CT molecular complexity index is 280. The summed E-state index contributed by atoms with van der Waals surface area (Å²) in [5.41, 5.74) is 5.57. The van der Waals surface area contributed by atoms with E-state index in [-0.39, 0.29) is 11.9 Å². The van der Waals surface area contributed by atoms with Crippen LogP contribution in [0.3, 0.4) is 0 Å². The SMILES string of the molecule is NC(=NO)C1CN(CCCC2CCCO2)CCO1. The summed E-state index contributed by atoms with van der Waals surface area (Å²) in [6.45, 7) is 4.22. The fraction of sp³-hybridized carbons (Fsp3) is 0.917. The first-order valence-electron chi connectivity index (χ1n) is 6.72. The van der Waals surface area contributed by atoms with E-state index in [1.165, 1.54) is 12.8 Å². The molecule has 0 bridgehead atoms. The maximum Gasteiger partial charge on any atom is 0.169 e. The van der Waals surface area contributed by atoms with Gasteiger partial charge in [0.05, 0.1) is 12.7 Å². The molecule has 2 heterocycles. The third-order valence-corrected chi connectivity index (χ3v) is 3.62. The molecule has 2 saturated heterocycles. The van der Waals surface area contributed by atoms with Crippen LogP contribution in [-0.4, -0.2) is 61.0 Å². The highest BCUT2D eigenvalue weighted by molar-refractivity contribution is 5.84. The number of amidine groups is 1. The maximum absolute atomic E-state index is 8.64. The van der Waals surface area contributed by atoms with Gasteiger partial charge in [0.1, 0.15) is 6.10 Å². The fourth-order valence-corrected chi connectivity index (χ4v) is 2.56. The van der Waals surface area contributed by atoms with Crippen LogP contribution in [0.15, 0.2) is 5.16 Å². The monoisotopic (exact) mass is 257 g/mol. The van der Waals surface area contributed by atoms with Gasteiger partial charge in [-0.2, -0.15) is 0 Å². The second-order valence-electron chi connectivity index (χ2n) is 4.96. The van der Waals surface area contributed by atoms with Crippen molar-refractivity contribution < 1.29 is 14.7 Å². The van der Waals surface area contributed by atoms with E-state index in [0.29, 0.717) is 19.3 Å². The summed E-state index contributed by atoms with van der Waals surface area (Å²) >= 11 is 0. The van der Waals surface area contributed by atoms with E-state index in [4.69, 9.17) is 20.4 Å². The highest BCUT2D eigenvalue weighted by Crippen LogP contribution is 2.17. The molecule has 3 N–H and O–H groups in total. The van der Waals surface area contributed by atoms with Crippen molar-refractivity contribution in [1.82, 2.24) is 4.90 Å². The molecule has 0 radical (unpaired) electrons. The van der Waals surface area contributed by atoms with Crippen LogP contribution in [-0.2, 0) is 9.47 Å². The number of hydrogen-bond acceptors (Lipinski definition) is 5. The van der Waals surface area contributed by atoms with E-state index in [2.05, 4.69) is 10.1 Å². The lowest BCUT2D eigenvalue weighted by molar-refractivity contribution is 0.00253. The first kappa shape index (κ1) is 13.6. The zero-order valence-corrected chi connectivity index (χ0v) is 10.8. The first-order chi connectivity index (χ1) is 8.79. The molecule has 6 heteroatoms. The van der Waals surface area contributed by atoms with Crippen LogP contribution >= 0.6 is 0 Å². The van der Waals surface area contributed by atoms with Crippen molar-refractivity contribution in [2.24, 2.45) is 10.9 Å². The van der Waals surface area contributed by atoms with Crippen LogP contribution in [0.2, 0.25) is 0 Å². The van der Waals surface area contributed by atoms with Gasteiger partial charge in [0.25, 0.3) is 0 Å². The molecule has 6 nitrogen and oxygen atoms in total. The van der Waals surface area contributed by atoms with Gasteiger partial charge in [0.2, 0.25) is 0 Å². The van der Waals surface area contributed by atoms with E-state index in [9.17, 15) is 0 Å². The van der Waals surface area contributed by atoms with Crippen LogP contribution < -0.4 is 5.73 Å². The summed E-state index contributed by atoms with van der Waals surface area (Å²) in [6.07, 6.45) is 4.86. The average Bonchev–Trinajstić information content (AvgIpc) is 2.91. The average molecular weight is 257 g/mol. The molecule has 0 aromatic rings. The molecule has 0 spiro atoms. The molecule has 18 heavy (non-hydrogen) atoms. The van der Waals surface area contributed by atoms with Crippen molar-refractivity contribution in [3.05, 3.63) is 0 Å². The van der Waals surface area contributed by atoms with Crippen LogP contribution in [0, 0.1) is 0 Å². The molecule has 2 fully saturated rings. The predicted molar refractivity (Wildman–Crippen MR) is 67.8 cm³/mol. The van der Waals surface area contributed by atoms with Gasteiger partial charge in [-0.05, 0) is 32.2 Å². The summed E-state index contributed by atoms with van der Waals surface area (Å²) in [6, 6.07) is 0. The van der Waals surface area contributed by atoms with Gasteiger partial charge in [0, 0.05) is 19.7 Å². The smallest absolute Gasteiger partial charge is 0.169 e. The molecule has 2 unspecified atom stereocenters. The van der Waals surface area contributed by atoms with Crippen molar-refractivity contribution in [3.8, 4) is 0 Å². The van der Waals surface area contributed by atoms with Crippen LogP contribution in [0.25, 0.3) is 0 Å². The molecule has 2 rings (SSSR count). The second-order valence-corrected chi connectivity index (χ2v) is 4.96. The van der Waals surface area contributed by atoms with E-state index < -0.39 is 0 Å². The van der Waals surface area contributed by atoms with Crippen molar-refractivity contribution in [2.75, 3.05) is 32.8 Å². The van der Waals surface area contributed by atoms with Crippen molar-refractivity contribution in [2.45, 2.75) is 37.9 Å². The Morgan fingerprint density at radius 1 is 1.39 bits per heavy atom. The van der Waals surface area contributed by atoms with Gasteiger partial charge in [-0.3, -0.25) is 4.90 Å². The molecule has 2 aliphatic heterocycles. The van der Waals surface area contributed by atoms with Crippen LogP contribution in [0.5, 0.6) is 0 Å². The first-order valence-corrected chi connectivity index (χ1v) is 6.72. The number of hydrogen-bond donors (Lipinski definition) is 2. The number of oxime groups is 1. The maximum atomic E-state index is 8.64. The van der Waals surface area contributed by atoms with Crippen molar-refractivity contribution >= 4 is 5.84 Å². The summed E-state index contributed by atoms with van der Waals surface area (Å²) in [5, 5.41) is 11.7. The number of nitrogens with two attached hydrogens (primary N) is 1. The Labute approximate surface area is 108 Å². The molecule has 2 aliphatic rings. The molecular formula is C12H23N3O3. The Morgan fingerprint density at radius 3 is 3.00 bits per heavy atom. The number of rotatable bonds is 5. The molecule has 104 valence electrons. The fourth-order valence-electron chi connectivity index (χ4n) is 2.56. The van der Waals surface area contributed by atoms with Gasteiger partial charge >= 0.3 is 0 Å². The van der Waals surface area contributed by atoms with E-state index in [1.54, 1.807) is 0 Å². The molecular weight excluding hydrogens is 234 g/mol. The standard InChI is InChI=1S/C12H23N3O3/c13-12(14-16)11-9-15(6-8-18-11)5-1-3-10-4-2-7-17-10/h10-11,16H,1-9H2,(H2,13,14). The van der Waals surface area contributed by atoms with Crippen LogP contribution in [0.1, 0.15) is 25.7 Å². The number of morpholine rings is 1. The minimum absolute atomic E-state index is 0.166. The normalized spacial score (nSPS) is 30.8. The lowest BCUT2D eigenvalue weighted by Gasteiger charge is -2.32. The van der Waals surface area contributed by atoms with Crippen molar-refractivity contribution in [3.63, 3.8) is 0 Å². The Hall–Kier alpha value is -0.850.